The second-order valence-corrected chi connectivity index (χ2v) is 4.65. The zero-order valence-electron chi connectivity index (χ0n) is 11.0. The SMILES string of the molecule is CCNC(=O)CCCc1ccc2c(n1)NCCC2. The lowest BCUT2D eigenvalue weighted by atomic mass is 10.1. The quantitative estimate of drug-likeness (QED) is 0.835. The number of aryl methyl sites for hydroxylation is 2. The van der Waals surface area contributed by atoms with E-state index in [4.69, 9.17) is 0 Å². The minimum atomic E-state index is 0.133. The Hall–Kier alpha value is -1.58. The van der Waals surface area contributed by atoms with Gasteiger partial charge in [-0.15, -0.1) is 0 Å². The Morgan fingerprint density at radius 1 is 1.50 bits per heavy atom. The van der Waals surface area contributed by atoms with Gasteiger partial charge in [0.2, 0.25) is 5.91 Å². The third-order valence-corrected chi connectivity index (χ3v) is 3.16. The molecule has 0 bridgehead atoms. The molecule has 0 aliphatic carbocycles. The van der Waals surface area contributed by atoms with Gasteiger partial charge < -0.3 is 10.6 Å². The summed E-state index contributed by atoms with van der Waals surface area (Å²) in [6.45, 7) is 3.66. The summed E-state index contributed by atoms with van der Waals surface area (Å²) in [5, 5.41) is 6.14. The third-order valence-electron chi connectivity index (χ3n) is 3.16. The molecule has 0 saturated carbocycles. The Bertz CT molecular complexity index is 418. The average Bonchev–Trinajstić information content (AvgIpc) is 2.39. The molecule has 0 unspecified atom stereocenters. The van der Waals surface area contributed by atoms with Crippen molar-refractivity contribution in [2.75, 3.05) is 18.4 Å². The van der Waals surface area contributed by atoms with Gasteiger partial charge in [0.15, 0.2) is 0 Å². The Balaban J connectivity index is 1.84. The van der Waals surface area contributed by atoms with Crippen LogP contribution in [0.4, 0.5) is 5.82 Å². The van der Waals surface area contributed by atoms with Gasteiger partial charge >= 0.3 is 0 Å². The highest BCUT2D eigenvalue weighted by molar-refractivity contribution is 5.75. The van der Waals surface area contributed by atoms with Gasteiger partial charge in [-0.25, -0.2) is 4.98 Å². The van der Waals surface area contributed by atoms with Crippen LogP contribution in [0.2, 0.25) is 0 Å². The molecule has 98 valence electrons. The Morgan fingerprint density at radius 2 is 2.39 bits per heavy atom. The van der Waals surface area contributed by atoms with Crippen LogP contribution in [0.3, 0.4) is 0 Å². The van der Waals surface area contributed by atoms with Gasteiger partial charge in [-0.3, -0.25) is 4.79 Å². The topological polar surface area (TPSA) is 54.0 Å². The van der Waals surface area contributed by atoms with E-state index < -0.39 is 0 Å². The number of nitrogens with zero attached hydrogens (tertiary/aromatic N) is 1. The van der Waals surface area contributed by atoms with Crippen LogP contribution < -0.4 is 10.6 Å². The smallest absolute Gasteiger partial charge is 0.219 e. The maximum atomic E-state index is 11.3. The van der Waals surface area contributed by atoms with Crippen LogP contribution in [0.25, 0.3) is 0 Å². The lowest BCUT2D eigenvalue weighted by molar-refractivity contribution is -0.121. The number of aromatic nitrogens is 1. The number of carbonyl (C=O) groups excluding carboxylic acids is 1. The summed E-state index contributed by atoms with van der Waals surface area (Å²) >= 11 is 0. The van der Waals surface area contributed by atoms with Gasteiger partial charge in [0.05, 0.1) is 0 Å². The summed E-state index contributed by atoms with van der Waals surface area (Å²) in [5.41, 5.74) is 2.39. The van der Waals surface area contributed by atoms with E-state index in [1.807, 2.05) is 6.92 Å². The minimum Gasteiger partial charge on any atom is -0.370 e. The van der Waals surface area contributed by atoms with Crippen molar-refractivity contribution in [2.45, 2.75) is 39.0 Å². The normalized spacial score (nSPS) is 13.6. The molecule has 1 aliphatic heterocycles. The van der Waals surface area contributed by atoms with Crippen molar-refractivity contribution in [3.8, 4) is 0 Å². The van der Waals surface area contributed by atoms with Crippen LogP contribution in [0.5, 0.6) is 0 Å². The summed E-state index contributed by atoms with van der Waals surface area (Å²) in [6.07, 6.45) is 4.61. The molecule has 0 atom stereocenters. The van der Waals surface area contributed by atoms with Gasteiger partial charge in [0.25, 0.3) is 0 Å². The van der Waals surface area contributed by atoms with Gasteiger partial charge in [-0.2, -0.15) is 0 Å². The molecule has 1 amide bonds. The summed E-state index contributed by atoms with van der Waals surface area (Å²) < 4.78 is 0. The zero-order valence-corrected chi connectivity index (χ0v) is 11.0. The largest absolute Gasteiger partial charge is 0.370 e. The predicted molar refractivity (Wildman–Crippen MR) is 72.7 cm³/mol. The van der Waals surface area contributed by atoms with E-state index in [0.29, 0.717) is 13.0 Å². The highest BCUT2D eigenvalue weighted by atomic mass is 16.1. The first-order valence-corrected chi connectivity index (χ1v) is 6.79. The summed E-state index contributed by atoms with van der Waals surface area (Å²) in [7, 11) is 0. The monoisotopic (exact) mass is 247 g/mol. The van der Waals surface area contributed by atoms with Crippen LogP contribution in [0, 0.1) is 0 Å². The number of rotatable bonds is 5. The van der Waals surface area contributed by atoms with Gasteiger partial charge in [0.1, 0.15) is 5.82 Å². The van der Waals surface area contributed by atoms with Crippen LogP contribution in [-0.4, -0.2) is 24.0 Å². The van der Waals surface area contributed by atoms with Crippen molar-refractivity contribution >= 4 is 11.7 Å². The predicted octanol–water partition coefficient (Wildman–Crippen LogP) is 1.90. The Kier molecular flexibility index (Phi) is 4.56. The molecule has 4 nitrogen and oxygen atoms in total. The maximum absolute atomic E-state index is 11.3. The fraction of sp³-hybridized carbons (Fsp3) is 0.571. The van der Waals surface area contributed by atoms with E-state index in [2.05, 4.69) is 27.8 Å². The van der Waals surface area contributed by atoms with Crippen LogP contribution in [0.15, 0.2) is 12.1 Å². The van der Waals surface area contributed by atoms with Gasteiger partial charge in [-0.05, 0) is 44.2 Å². The molecule has 0 radical (unpaired) electrons. The molecule has 0 spiro atoms. The standard InChI is InChI=1S/C14H21N3O/c1-2-15-13(18)7-3-6-12-9-8-11-5-4-10-16-14(11)17-12/h8-9H,2-7,10H2,1H3,(H,15,18)(H,16,17). The Labute approximate surface area is 108 Å². The number of nitrogens with one attached hydrogen (secondary N) is 2. The molecular formula is C14H21N3O. The third kappa shape index (κ3) is 3.45. The molecule has 18 heavy (non-hydrogen) atoms. The second kappa shape index (κ2) is 6.38. The number of amides is 1. The fourth-order valence-electron chi connectivity index (χ4n) is 2.22. The maximum Gasteiger partial charge on any atom is 0.219 e. The van der Waals surface area contributed by atoms with Crippen molar-refractivity contribution < 1.29 is 4.79 Å². The molecular weight excluding hydrogens is 226 g/mol. The van der Waals surface area contributed by atoms with E-state index in [-0.39, 0.29) is 5.91 Å². The first-order chi connectivity index (χ1) is 8.79. The van der Waals surface area contributed by atoms with Crippen LogP contribution >= 0.6 is 0 Å². The van der Waals surface area contributed by atoms with E-state index >= 15 is 0 Å². The summed E-state index contributed by atoms with van der Waals surface area (Å²) in [6, 6.07) is 4.25. The summed E-state index contributed by atoms with van der Waals surface area (Å²) in [5.74, 6) is 1.17. The Morgan fingerprint density at radius 3 is 3.22 bits per heavy atom. The average molecular weight is 247 g/mol. The first kappa shape index (κ1) is 12.9. The number of hydrogen-bond donors (Lipinski definition) is 2. The van der Waals surface area contributed by atoms with Crippen molar-refractivity contribution in [3.63, 3.8) is 0 Å². The highest BCUT2D eigenvalue weighted by Gasteiger charge is 2.10. The number of hydrogen-bond acceptors (Lipinski definition) is 3. The molecule has 0 saturated heterocycles. The highest BCUT2D eigenvalue weighted by Crippen LogP contribution is 2.20. The lowest BCUT2D eigenvalue weighted by Gasteiger charge is -2.17. The molecule has 0 aromatic carbocycles. The van der Waals surface area contributed by atoms with E-state index in [9.17, 15) is 4.79 Å². The van der Waals surface area contributed by atoms with Crippen molar-refractivity contribution in [1.82, 2.24) is 10.3 Å². The van der Waals surface area contributed by atoms with E-state index in [1.54, 1.807) is 0 Å². The van der Waals surface area contributed by atoms with E-state index in [1.165, 1.54) is 12.0 Å². The molecule has 0 fully saturated rings. The number of pyridine rings is 1. The molecule has 1 aromatic heterocycles. The molecule has 1 aliphatic rings. The molecule has 2 N–H and O–H groups in total. The molecule has 2 rings (SSSR count). The first-order valence-electron chi connectivity index (χ1n) is 6.79. The second-order valence-electron chi connectivity index (χ2n) is 4.65. The van der Waals surface area contributed by atoms with Gasteiger partial charge in [0, 0.05) is 25.2 Å². The molecule has 1 aromatic rings. The number of carbonyl (C=O) groups is 1. The van der Waals surface area contributed by atoms with Crippen molar-refractivity contribution in [2.24, 2.45) is 0 Å². The minimum absolute atomic E-state index is 0.133. The van der Waals surface area contributed by atoms with E-state index in [0.717, 1.165) is 37.3 Å². The van der Waals surface area contributed by atoms with Crippen molar-refractivity contribution in [3.05, 3.63) is 23.4 Å². The molecule has 2 heterocycles. The van der Waals surface area contributed by atoms with Gasteiger partial charge in [-0.1, -0.05) is 6.07 Å². The zero-order chi connectivity index (χ0) is 12.8. The number of anilines is 1. The number of fused-ring (bicyclic) bond motifs is 1. The summed E-state index contributed by atoms with van der Waals surface area (Å²) in [4.78, 5) is 15.9. The van der Waals surface area contributed by atoms with Crippen molar-refractivity contribution in [1.29, 1.82) is 0 Å². The van der Waals surface area contributed by atoms with Crippen LogP contribution in [-0.2, 0) is 17.6 Å². The fourth-order valence-corrected chi connectivity index (χ4v) is 2.22. The lowest BCUT2D eigenvalue weighted by Crippen LogP contribution is -2.22. The molecule has 4 heteroatoms. The van der Waals surface area contributed by atoms with Crippen LogP contribution in [0.1, 0.15) is 37.4 Å².